The van der Waals surface area contributed by atoms with Crippen molar-refractivity contribution in [1.82, 2.24) is 5.43 Å². The number of hydrogen-bond donors (Lipinski definition) is 1. The maximum absolute atomic E-state index is 12.1. The van der Waals surface area contributed by atoms with Crippen LogP contribution in [0.4, 0.5) is 0 Å². The third kappa shape index (κ3) is 5.68. The van der Waals surface area contributed by atoms with E-state index in [9.17, 15) is 4.79 Å². The number of hydrazone groups is 1. The second-order valence-electron chi connectivity index (χ2n) is 6.98. The molecule has 0 fully saturated rings. The molecule has 0 spiro atoms. The number of amides is 1. The summed E-state index contributed by atoms with van der Waals surface area (Å²) in [5, 5.41) is 4.01. The average molecular weight is 427 g/mol. The molecule has 4 nitrogen and oxygen atoms in total. The third-order valence-corrected chi connectivity index (χ3v) is 5.75. The Hall–Kier alpha value is -2.63. The molecule has 29 heavy (non-hydrogen) atoms. The van der Waals surface area contributed by atoms with Gasteiger partial charge in [-0.25, -0.2) is 5.43 Å². The molecule has 6 heteroatoms. The minimum atomic E-state index is -0.327. The maximum atomic E-state index is 12.1. The van der Waals surface area contributed by atoms with Crippen LogP contribution in [-0.4, -0.2) is 18.7 Å². The number of thiophene rings is 1. The van der Waals surface area contributed by atoms with Gasteiger partial charge < -0.3 is 4.74 Å². The van der Waals surface area contributed by atoms with E-state index in [0.717, 1.165) is 32.9 Å². The van der Waals surface area contributed by atoms with E-state index in [0.29, 0.717) is 10.3 Å². The van der Waals surface area contributed by atoms with Gasteiger partial charge in [-0.3, -0.25) is 4.79 Å². The van der Waals surface area contributed by atoms with Crippen molar-refractivity contribution in [1.29, 1.82) is 0 Å². The molecule has 0 saturated heterocycles. The van der Waals surface area contributed by atoms with Gasteiger partial charge in [-0.05, 0) is 41.7 Å². The number of carbonyl (C=O) groups excluding carboxylic acids is 1. The number of ether oxygens (including phenoxy) is 1. The average Bonchev–Trinajstić information content (AvgIpc) is 3.07. The van der Waals surface area contributed by atoms with Crippen LogP contribution >= 0.6 is 22.9 Å². The van der Waals surface area contributed by atoms with E-state index in [4.69, 9.17) is 16.3 Å². The number of aryl methyl sites for hydroxylation is 1. The van der Waals surface area contributed by atoms with Crippen LogP contribution in [0.1, 0.15) is 36.5 Å². The Kier molecular flexibility index (Phi) is 7.07. The van der Waals surface area contributed by atoms with Gasteiger partial charge in [0.2, 0.25) is 0 Å². The molecule has 0 aliphatic carbocycles. The summed E-state index contributed by atoms with van der Waals surface area (Å²) in [5.74, 6) is 0.714. The van der Waals surface area contributed by atoms with Crippen molar-refractivity contribution in [3.05, 3.63) is 75.6 Å². The van der Waals surface area contributed by atoms with Crippen molar-refractivity contribution < 1.29 is 9.53 Å². The molecule has 1 N–H and O–H groups in total. The lowest BCUT2D eigenvalue weighted by molar-refractivity contribution is -0.123. The molecule has 3 aromatic rings. The summed E-state index contributed by atoms with van der Waals surface area (Å²) in [5.41, 5.74) is 6.51. The van der Waals surface area contributed by atoms with Crippen LogP contribution in [0.2, 0.25) is 4.34 Å². The zero-order valence-electron chi connectivity index (χ0n) is 16.6. The first kappa shape index (κ1) is 21.1. The van der Waals surface area contributed by atoms with Crippen molar-refractivity contribution in [3.8, 4) is 16.2 Å². The Morgan fingerprint density at radius 2 is 1.97 bits per heavy atom. The fraction of sp³-hybridized carbons (Fsp3) is 0.217. The molecule has 0 atom stereocenters. The summed E-state index contributed by atoms with van der Waals surface area (Å²) in [4.78, 5) is 13.2. The Labute approximate surface area is 180 Å². The highest BCUT2D eigenvalue weighted by Gasteiger charge is 2.10. The van der Waals surface area contributed by atoms with Gasteiger partial charge in [0.15, 0.2) is 6.61 Å². The number of hydrogen-bond acceptors (Lipinski definition) is 4. The van der Waals surface area contributed by atoms with Gasteiger partial charge in [-0.2, -0.15) is 5.10 Å². The topological polar surface area (TPSA) is 50.7 Å². The van der Waals surface area contributed by atoms with Crippen molar-refractivity contribution >= 4 is 35.1 Å². The summed E-state index contributed by atoms with van der Waals surface area (Å²) in [7, 11) is 0. The second-order valence-corrected chi connectivity index (χ2v) is 8.64. The fourth-order valence-corrected chi connectivity index (χ4v) is 4.02. The van der Waals surface area contributed by atoms with E-state index < -0.39 is 0 Å². The van der Waals surface area contributed by atoms with Crippen molar-refractivity contribution in [3.63, 3.8) is 0 Å². The highest BCUT2D eigenvalue weighted by molar-refractivity contribution is 7.19. The monoisotopic (exact) mass is 426 g/mol. The van der Waals surface area contributed by atoms with Gasteiger partial charge in [0.05, 0.1) is 6.21 Å². The first-order valence-electron chi connectivity index (χ1n) is 9.34. The Morgan fingerprint density at radius 1 is 1.21 bits per heavy atom. The smallest absolute Gasteiger partial charge is 0.277 e. The van der Waals surface area contributed by atoms with Gasteiger partial charge in [-0.1, -0.05) is 67.9 Å². The highest BCUT2D eigenvalue weighted by atomic mass is 35.5. The van der Waals surface area contributed by atoms with E-state index in [2.05, 4.69) is 24.4 Å². The molecule has 150 valence electrons. The Morgan fingerprint density at radius 3 is 2.69 bits per heavy atom. The van der Waals surface area contributed by atoms with Crippen molar-refractivity contribution in [2.75, 3.05) is 6.61 Å². The number of nitrogens with one attached hydrogen (secondary N) is 1. The number of benzene rings is 2. The lowest BCUT2D eigenvalue weighted by atomic mass is 10.0. The zero-order valence-corrected chi connectivity index (χ0v) is 18.2. The molecule has 0 aliphatic rings. The number of halogens is 1. The first-order valence-corrected chi connectivity index (χ1v) is 10.5. The van der Waals surface area contributed by atoms with Crippen molar-refractivity contribution in [2.24, 2.45) is 5.10 Å². The summed E-state index contributed by atoms with van der Waals surface area (Å²) in [6.45, 7) is 6.08. The minimum absolute atomic E-state index is 0.104. The maximum Gasteiger partial charge on any atom is 0.277 e. The van der Waals surface area contributed by atoms with E-state index in [-0.39, 0.29) is 12.5 Å². The molecule has 0 aliphatic heterocycles. The Bertz CT molecular complexity index is 1010. The molecular formula is C23H23ClN2O2S. The third-order valence-electron chi connectivity index (χ3n) is 4.31. The van der Waals surface area contributed by atoms with Gasteiger partial charge in [0.25, 0.3) is 5.91 Å². The molecule has 2 aromatic carbocycles. The van der Waals surface area contributed by atoms with Crippen LogP contribution in [0.15, 0.2) is 59.7 Å². The number of nitrogens with zero attached hydrogens (tertiary/aromatic N) is 1. The van der Waals surface area contributed by atoms with E-state index in [1.54, 1.807) is 6.21 Å². The van der Waals surface area contributed by atoms with E-state index >= 15 is 0 Å². The second kappa shape index (κ2) is 9.72. The minimum Gasteiger partial charge on any atom is -0.483 e. The van der Waals surface area contributed by atoms with E-state index in [1.807, 2.05) is 61.5 Å². The lowest BCUT2D eigenvalue weighted by Gasteiger charge is -2.14. The lowest BCUT2D eigenvalue weighted by Crippen LogP contribution is -2.25. The molecule has 1 amide bonds. The summed E-state index contributed by atoms with van der Waals surface area (Å²) in [6, 6.07) is 18.0. The van der Waals surface area contributed by atoms with Gasteiger partial charge in [0.1, 0.15) is 10.1 Å². The normalized spacial score (nSPS) is 11.2. The van der Waals surface area contributed by atoms with E-state index in [1.165, 1.54) is 11.3 Å². The molecule has 0 saturated carbocycles. The molecule has 0 radical (unpaired) electrons. The number of carbonyl (C=O) groups is 1. The molecule has 0 unspecified atom stereocenters. The van der Waals surface area contributed by atoms with Crippen LogP contribution in [0, 0.1) is 6.92 Å². The fourth-order valence-electron chi connectivity index (χ4n) is 2.81. The van der Waals surface area contributed by atoms with Gasteiger partial charge in [0, 0.05) is 10.4 Å². The SMILES string of the molecule is Cc1ccc(C(C)C)c(OCC(=O)N/N=C\c2cc(-c3ccccc3)sc2Cl)c1. The van der Waals surface area contributed by atoms with Crippen LogP contribution in [0.25, 0.3) is 10.4 Å². The molecule has 0 bridgehead atoms. The van der Waals surface area contributed by atoms with Crippen molar-refractivity contribution in [2.45, 2.75) is 26.7 Å². The first-order chi connectivity index (χ1) is 13.9. The summed E-state index contributed by atoms with van der Waals surface area (Å²) < 4.78 is 6.34. The predicted octanol–water partition coefficient (Wildman–Crippen LogP) is 6.03. The largest absolute Gasteiger partial charge is 0.483 e. The van der Waals surface area contributed by atoms with Crippen LogP contribution in [-0.2, 0) is 4.79 Å². The molecule has 3 rings (SSSR count). The van der Waals surface area contributed by atoms with Crippen LogP contribution < -0.4 is 10.2 Å². The number of rotatable bonds is 7. The van der Waals surface area contributed by atoms with Crippen LogP contribution in [0.3, 0.4) is 0 Å². The standard InChI is InChI=1S/C23H23ClN2O2S/c1-15(2)19-10-9-16(3)11-20(19)28-14-22(27)26-25-13-18-12-21(29-23(18)24)17-7-5-4-6-8-17/h4-13,15H,14H2,1-3H3,(H,26,27)/b25-13-. The predicted molar refractivity (Wildman–Crippen MR) is 121 cm³/mol. The van der Waals surface area contributed by atoms with Crippen LogP contribution in [0.5, 0.6) is 5.75 Å². The quantitative estimate of drug-likeness (QED) is 0.370. The molecular weight excluding hydrogens is 404 g/mol. The summed E-state index contributed by atoms with van der Waals surface area (Å²) >= 11 is 7.78. The van der Waals surface area contributed by atoms with Gasteiger partial charge >= 0.3 is 0 Å². The highest BCUT2D eigenvalue weighted by Crippen LogP contribution is 2.34. The molecule has 1 heterocycles. The van der Waals surface area contributed by atoms with Gasteiger partial charge in [-0.15, -0.1) is 11.3 Å². The zero-order chi connectivity index (χ0) is 20.8. The Balaban J connectivity index is 1.58. The summed E-state index contributed by atoms with van der Waals surface area (Å²) in [6.07, 6.45) is 1.55. The molecule has 1 aromatic heterocycles.